The molecule has 1 rings (SSSR count). The average Bonchev–Trinajstić information content (AvgIpc) is 2.41. The summed E-state index contributed by atoms with van der Waals surface area (Å²) in [6.07, 6.45) is 3.60. The number of aromatic amines is 1. The van der Waals surface area contributed by atoms with Gasteiger partial charge in [0.2, 0.25) is 0 Å². The van der Waals surface area contributed by atoms with E-state index in [-0.39, 0.29) is 0 Å². The van der Waals surface area contributed by atoms with Crippen molar-refractivity contribution in [2.75, 3.05) is 0 Å². The Morgan fingerprint density at radius 3 is 3.30 bits per heavy atom. The fraction of sp³-hybridized carbons (Fsp3) is 0. The van der Waals surface area contributed by atoms with Gasteiger partial charge in [-0.2, -0.15) is 14.8 Å². The van der Waals surface area contributed by atoms with Gasteiger partial charge in [-0.1, -0.05) is 0 Å². The summed E-state index contributed by atoms with van der Waals surface area (Å²) in [5.41, 5.74) is 0.457. The highest BCUT2D eigenvalue weighted by molar-refractivity contribution is 7.17. The second-order valence-corrected chi connectivity index (χ2v) is 1.64. The first-order valence-electron chi connectivity index (χ1n) is 2.33. The molecule has 1 N–H and O–H groups in total. The fourth-order valence-corrected chi connectivity index (χ4v) is 0.453. The van der Waals surface area contributed by atoms with Gasteiger partial charge >= 0.3 is 8.69 Å². The van der Waals surface area contributed by atoms with Crippen molar-refractivity contribution in [1.29, 1.82) is 0 Å². The number of aromatic nitrogens is 3. The Kier molecular flexibility index (Phi) is 2.41. The molecule has 50 valence electrons. The van der Waals surface area contributed by atoms with E-state index in [1.54, 1.807) is 0 Å². The van der Waals surface area contributed by atoms with Crippen LogP contribution in [0.4, 0.5) is 0 Å². The van der Waals surface area contributed by atoms with Crippen molar-refractivity contribution in [2.45, 2.75) is 0 Å². The highest BCUT2D eigenvalue weighted by Crippen LogP contribution is 1.90. The summed E-state index contributed by atoms with van der Waals surface area (Å²) in [6, 6.07) is 0. The van der Waals surface area contributed by atoms with Gasteiger partial charge in [-0.05, 0) is 4.57 Å². The molecule has 0 aromatic carbocycles. The average molecular weight is 156 g/mol. The Hall–Kier alpha value is -1.40. The van der Waals surface area contributed by atoms with Crippen LogP contribution in [0.2, 0.25) is 0 Å². The number of H-pyrrole nitrogens is 1. The number of hydrogen-bond acceptors (Lipinski definition) is 4. The van der Waals surface area contributed by atoms with Crippen LogP contribution < -0.4 is 0 Å². The Bertz CT molecular complexity index is 260. The lowest BCUT2D eigenvalue weighted by Gasteiger charge is -1.66. The quantitative estimate of drug-likeness (QED) is 0.461. The van der Waals surface area contributed by atoms with Gasteiger partial charge in [0, 0.05) is 5.92 Å². The van der Waals surface area contributed by atoms with Crippen LogP contribution in [0.5, 0.6) is 0 Å². The van der Waals surface area contributed by atoms with Gasteiger partial charge in [0.25, 0.3) is 0 Å². The first kappa shape index (κ1) is 6.72. The van der Waals surface area contributed by atoms with Gasteiger partial charge in [0.1, 0.15) is 0 Å². The molecule has 0 saturated carbocycles. The lowest BCUT2D eigenvalue weighted by Crippen LogP contribution is -1.71. The molecule has 0 radical (unpaired) electrons. The predicted octanol–water partition coefficient (Wildman–Crippen LogP) is 0.0693. The van der Waals surface area contributed by atoms with Crippen LogP contribution in [0.3, 0.4) is 0 Å². The smallest absolute Gasteiger partial charge is 0.199 e. The second kappa shape index (κ2) is 3.59. The molecule has 10 heavy (non-hydrogen) atoms. The van der Waals surface area contributed by atoms with Gasteiger partial charge < -0.3 is 0 Å². The van der Waals surface area contributed by atoms with Gasteiger partial charge in [0.15, 0.2) is 11.8 Å². The molecule has 0 spiro atoms. The fourth-order valence-electron chi connectivity index (χ4n) is 0.360. The van der Waals surface area contributed by atoms with Crippen molar-refractivity contribution in [3.05, 3.63) is 11.9 Å². The van der Waals surface area contributed by atoms with Crippen molar-refractivity contribution < 1.29 is 9.09 Å². The third-order valence-corrected chi connectivity index (χ3v) is 0.872. The molecule has 1 heterocycles. The lowest BCUT2D eigenvalue weighted by molar-refractivity contribution is 0.506. The van der Waals surface area contributed by atoms with E-state index in [0.29, 0.717) is 5.69 Å². The van der Waals surface area contributed by atoms with Crippen LogP contribution in [0.25, 0.3) is 0 Å². The summed E-state index contributed by atoms with van der Waals surface area (Å²) in [5.74, 6) is 2.46. The molecule has 0 saturated heterocycles. The zero-order chi connectivity index (χ0) is 7.23. The van der Waals surface area contributed by atoms with E-state index in [9.17, 15) is 4.57 Å². The Morgan fingerprint density at radius 1 is 1.80 bits per heavy atom. The topological polar surface area (TPSA) is 67.9 Å². The normalized spacial score (nSPS) is 8.40. The lowest BCUT2D eigenvalue weighted by atomic mass is 10.5. The number of hydrogen-bond donors (Lipinski definition) is 1. The van der Waals surface area contributed by atoms with Crippen molar-refractivity contribution in [3.63, 3.8) is 0 Å². The summed E-state index contributed by atoms with van der Waals surface area (Å²) in [5, 5.41) is 9.45. The van der Waals surface area contributed by atoms with Crippen molar-refractivity contribution in [3.8, 4) is 12.0 Å². The summed E-state index contributed by atoms with van der Waals surface area (Å²) in [6.45, 7) is 0. The molecule has 1 aromatic rings. The Balaban J connectivity index is 2.57. The summed E-state index contributed by atoms with van der Waals surface area (Å²) in [4.78, 5) is 0. The van der Waals surface area contributed by atoms with E-state index < -0.39 is 8.69 Å². The minimum atomic E-state index is -0.863. The van der Waals surface area contributed by atoms with Crippen molar-refractivity contribution in [2.24, 2.45) is 0 Å². The molecular formula is C4H3N3O2P+. The first-order valence-corrected chi connectivity index (χ1v) is 3.15. The Labute approximate surface area is 58.1 Å². The molecule has 0 bridgehead atoms. The minimum absolute atomic E-state index is 0.457. The molecule has 0 fully saturated rings. The largest absolute Gasteiger partial charge is 0.551 e. The van der Waals surface area contributed by atoms with Gasteiger partial charge in [-0.3, -0.25) is 0 Å². The molecule has 1 atom stereocenters. The summed E-state index contributed by atoms with van der Waals surface area (Å²) < 4.78 is 14.0. The van der Waals surface area contributed by atoms with Gasteiger partial charge in [-0.25, -0.2) is 0 Å². The van der Waals surface area contributed by atoms with E-state index in [0.717, 1.165) is 0 Å². The molecule has 0 aliphatic heterocycles. The maximum Gasteiger partial charge on any atom is 0.551 e. The van der Waals surface area contributed by atoms with Crippen LogP contribution in [-0.2, 0) is 9.09 Å². The van der Waals surface area contributed by atoms with Crippen molar-refractivity contribution in [1.82, 2.24) is 15.4 Å². The monoisotopic (exact) mass is 156 g/mol. The second-order valence-electron chi connectivity index (χ2n) is 1.27. The SMILES string of the molecule is O=[PH+]OC#Cc1cn[nH]n1. The van der Waals surface area contributed by atoms with E-state index in [4.69, 9.17) is 0 Å². The van der Waals surface area contributed by atoms with Gasteiger partial charge in [0.05, 0.1) is 6.20 Å². The molecular weight excluding hydrogens is 153 g/mol. The van der Waals surface area contributed by atoms with Crippen LogP contribution in [0.15, 0.2) is 6.20 Å². The van der Waals surface area contributed by atoms with Gasteiger partial charge in [-0.15, -0.1) is 5.10 Å². The maximum atomic E-state index is 9.72. The predicted molar refractivity (Wildman–Crippen MR) is 33.3 cm³/mol. The third-order valence-electron chi connectivity index (χ3n) is 0.687. The van der Waals surface area contributed by atoms with E-state index >= 15 is 0 Å². The maximum absolute atomic E-state index is 9.72. The van der Waals surface area contributed by atoms with Crippen LogP contribution >= 0.6 is 8.69 Å². The molecule has 5 nitrogen and oxygen atoms in total. The highest BCUT2D eigenvalue weighted by Gasteiger charge is 1.87. The molecule has 0 amide bonds. The van der Waals surface area contributed by atoms with Crippen molar-refractivity contribution >= 4 is 8.69 Å². The summed E-state index contributed by atoms with van der Waals surface area (Å²) >= 11 is 0. The van der Waals surface area contributed by atoms with Crippen LogP contribution in [0.1, 0.15) is 5.69 Å². The zero-order valence-electron chi connectivity index (χ0n) is 4.79. The number of rotatable bonds is 1. The number of nitrogens with one attached hydrogen (secondary N) is 1. The zero-order valence-corrected chi connectivity index (χ0v) is 5.79. The minimum Gasteiger partial charge on any atom is -0.199 e. The number of nitrogens with zero attached hydrogens (tertiary/aromatic N) is 2. The van der Waals surface area contributed by atoms with Crippen LogP contribution in [-0.4, -0.2) is 15.4 Å². The molecule has 6 heteroatoms. The standard InChI is InChI=1S/C4H3N3O2P/c8-10-9-2-1-4-3-5-7-6-4/h3,10H,(H,5,6,7)/q+1. The summed E-state index contributed by atoms with van der Waals surface area (Å²) in [7, 11) is -0.863. The molecule has 1 aromatic heterocycles. The Morgan fingerprint density at radius 2 is 2.70 bits per heavy atom. The molecule has 1 unspecified atom stereocenters. The molecule has 0 aliphatic carbocycles. The first-order chi connectivity index (χ1) is 4.93. The van der Waals surface area contributed by atoms with E-state index in [2.05, 4.69) is 32.0 Å². The van der Waals surface area contributed by atoms with E-state index in [1.165, 1.54) is 6.20 Å². The van der Waals surface area contributed by atoms with E-state index in [1.807, 2.05) is 0 Å². The molecule has 0 aliphatic rings. The third kappa shape index (κ3) is 1.84. The highest BCUT2D eigenvalue weighted by atomic mass is 31.1. The van der Waals surface area contributed by atoms with Crippen LogP contribution in [0, 0.1) is 12.0 Å².